The van der Waals surface area contributed by atoms with Gasteiger partial charge in [0.25, 0.3) is 0 Å². The number of amides is 1. The first kappa shape index (κ1) is 24.1. The minimum absolute atomic E-state index is 0.0522. The second-order valence-electron chi connectivity index (χ2n) is 9.32. The molecule has 3 fully saturated rings. The van der Waals surface area contributed by atoms with Crippen LogP contribution in [-0.2, 0) is 14.3 Å². The van der Waals surface area contributed by atoms with Crippen LogP contribution in [0.2, 0.25) is 5.02 Å². The van der Waals surface area contributed by atoms with Crippen LogP contribution >= 0.6 is 11.6 Å². The molecule has 188 valence electrons. The van der Waals surface area contributed by atoms with Crippen molar-refractivity contribution in [3.05, 3.63) is 35.5 Å². The summed E-state index contributed by atoms with van der Waals surface area (Å²) in [6, 6.07) is 8.34. The molecule has 3 heterocycles. The maximum atomic E-state index is 12.0. The summed E-state index contributed by atoms with van der Waals surface area (Å²) in [5.74, 6) is 1.85. The largest absolute Gasteiger partial charge is 0.374 e. The molecule has 0 radical (unpaired) electrons. The van der Waals surface area contributed by atoms with Gasteiger partial charge in [0.15, 0.2) is 0 Å². The lowest BCUT2D eigenvalue weighted by atomic mass is 10.1. The van der Waals surface area contributed by atoms with E-state index in [4.69, 9.17) is 21.1 Å². The number of anilines is 4. The number of hydrogen-bond acceptors (Lipinski definition) is 8. The molecule has 1 aliphatic carbocycles. The van der Waals surface area contributed by atoms with Crippen LogP contribution < -0.4 is 15.5 Å². The third kappa shape index (κ3) is 6.54. The van der Waals surface area contributed by atoms with Crippen LogP contribution in [0, 0.1) is 5.92 Å². The van der Waals surface area contributed by atoms with E-state index in [9.17, 15) is 4.79 Å². The van der Waals surface area contributed by atoms with E-state index in [0.29, 0.717) is 42.6 Å². The Balaban J connectivity index is 1.12. The van der Waals surface area contributed by atoms with Gasteiger partial charge < -0.3 is 29.9 Å². The maximum Gasteiger partial charge on any atom is 0.248 e. The van der Waals surface area contributed by atoms with Gasteiger partial charge in [0.1, 0.15) is 17.4 Å². The quantitative estimate of drug-likeness (QED) is 0.505. The summed E-state index contributed by atoms with van der Waals surface area (Å²) < 4.78 is 11.2. The smallest absolute Gasteiger partial charge is 0.248 e. The summed E-state index contributed by atoms with van der Waals surface area (Å²) >= 11 is 6.30. The number of morpholine rings is 1. The van der Waals surface area contributed by atoms with Crippen LogP contribution in [0.3, 0.4) is 0 Å². The Bertz CT molecular complexity index is 1000. The highest BCUT2D eigenvalue weighted by Crippen LogP contribution is 2.36. The highest BCUT2D eigenvalue weighted by atomic mass is 35.5. The average Bonchev–Trinajstić information content (AvgIpc) is 3.74. The number of rotatable bonds is 9. The molecule has 1 amide bonds. The lowest BCUT2D eigenvalue weighted by Gasteiger charge is -2.34. The number of carbonyl (C=O) groups is 1. The molecule has 1 unspecified atom stereocenters. The Morgan fingerprint density at radius 1 is 1.14 bits per heavy atom. The summed E-state index contributed by atoms with van der Waals surface area (Å²) in [7, 11) is 0. The second-order valence-corrected chi connectivity index (χ2v) is 9.73. The first-order valence-corrected chi connectivity index (χ1v) is 12.9. The average molecular weight is 501 g/mol. The zero-order chi connectivity index (χ0) is 24.0. The van der Waals surface area contributed by atoms with Gasteiger partial charge >= 0.3 is 0 Å². The van der Waals surface area contributed by atoms with Crippen molar-refractivity contribution in [1.29, 1.82) is 0 Å². The number of nitrogens with zero attached hydrogens (tertiary/aromatic N) is 4. The van der Waals surface area contributed by atoms with Crippen molar-refractivity contribution in [3.8, 4) is 0 Å². The Hall–Kier alpha value is -2.62. The normalized spacial score (nSPS) is 21.1. The molecule has 1 aromatic carbocycles. The zero-order valence-electron chi connectivity index (χ0n) is 19.9. The minimum Gasteiger partial charge on any atom is -0.374 e. The van der Waals surface area contributed by atoms with E-state index in [0.717, 1.165) is 50.7 Å². The predicted octanol–water partition coefficient (Wildman–Crippen LogP) is 3.54. The first-order chi connectivity index (χ1) is 17.2. The first-order valence-electron chi connectivity index (χ1n) is 12.5. The molecule has 2 saturated heterocycles. The molecule has 0 bridgehead atoms. The highest BCUT2D eigenvalue weighted by Gasteiger charge is 2.35. The maximum absolute atomic E-state index is 12.0. The summed E-state index contributed by atoms with van der Waals surface area (Å²) in [5, 5.41) is 6.99. The molecule has 2 N–H and O–H groups in total. The third-order valence-corrected chi connectivity index (χ3v) is 6.94. The number of hydrogen-bond donors (Lipinski definition) is 2. The summed E-state index contributed by atoms with van der Waals surface area (Å²) in [6.07, 6.45) is 6.22. The standard InChI is InChI=1S/C25H33ClN6O3/c26-21-15-28-25(30-24(21)27-9-1-10-31-11-2-13-34-17-23(31)33)29-19-5-7-20(8-6-19)32-12-14-35-22(16-32)18-3-4-18/h5-8,15,18,22H,1-4,9-14,16-17H2,(H2,27,28,29,30). The minimum atomic E-state index is 0.0522. The third-order valence-electron chi connectivity index (χ3n) is 6.67. The van der Waals surface area contributed by atoms with Crippen LogP contribution in [0.5, 0.6) is 0 Å². The molecule has 1 saturated carbocycles. The molecule has 9 nitrogen and oxygen atoms in total. The Kier molecular flexibility index (Phi) is 7.85. The Labute approximate surface area is 211 Å². The van der Waals surface area contributed by atoms with Gasteiger partial charge in [-0.25, -0.2) is 4.98 Å². The predicted molar refractivity (Wildman–Crippen MR) is 137 cm³/mol. The Morgan fingerprint density at radius 3 is 2.83 bits per heavy atom. The fourth-order valence-electron chi connectivity index (χ4n) is 4.55. The van der Waals surface area contributed by atoms with Gasteiger partial charge in [-0.3, -0.25) is 4.79 Å². The molecule has 5 rings (SSSR count). The van der Waals surface area contributed by atoms with Gasteiger partial charge in [-0.2, -0.15) is 4.98 Å². The van der Waals surface area contributed by atoms with E-state index in [1.54, 1.807) is 6.20 Å². The van der Waals surface area contributed by atoms with Gasteiger partial charge in [-0.15, -0.1) is 0 Å². The summed E-state index contributed by atoms with van der Waals surface area (Å²) in [4.78, 5) is 25.1. The van der Waals surface area contributed by atoms with Crippen molar-refractivity contribution in [3.63, 3.8) is 0 Å². The van der Waals surface area contributed by atoms with Crippen molar-refractivity contribution in [2.24, 2.45) is 5.92 Å². The van der Waals surface area contributed by atoms with Crippen molar-refractivity contribution in [2.75, 3.05) is 68.1 Å². The van der Waals surface area contributed by atoms with Gasteiger partial charge in [0.2, 0.25) is 11.9 Å². The molecule has 0 spiro atoms. The van der Waals surface area contributed by atoms with Crippen LogP contribution in [0.15, 0.2) is 30.5 Å². The van der Waals surface area contributed by atoms with Crippen molar-refractivity contribution >= 4 is 40.6 Å². The van der Waals surface area contributed by atoms with E-state index in [1.165, 1.54) is 18.5 Å². The van der Waals surface area contributed by atoms with Crippen LogP contribution in [0.1, 0.15) is 25.7 Å². The lowest BCUT2D eigenvalue weighted by Crippen LogP contribution is -2.43. The number of halogens is 1. The highest BCUT2D eigenvalue weighted by molar-refractivity contribution is 6.32. The van der Waals surface area contributed by atoms with Gasteiger partial charge in [0.05, 0.1) is 18.9 Å². The van der Waals surface area contributed by atoms with Crippen LogP contribution in [0.25, 0.3) is 0 Å². The van der Waals surface area contributed by atoms with Gasteiger partial charge in [-0.1, -0.05) is 11.6 Å². The molecular weight excluding hydrogens is 468 g/mol. The fourth-order valence-corrected chi connectivity index (χ4v) is 4.70. The number of benzene rings is 1. The van der Waals surface area contributed by atoms with Gasteiger partial charge in [0, 0.05) is 50.7 Å². The molecule has 35 heavy (non-hydrogen) atoms. The van der Waals surface area contributed by atoms with E-state index in [2.05, 4.69) is 37.6 Å². The van der Waals surface area contributed by atoms with Crippen molar-refractivity contribution < 1.29 is 14.3 Å². The lowest BCUT2D eigenvalue weighted by molar-refractivity contribution is -0.133. The number of nitrogens with one attached hydrogen (secondary N) is 2. The fraction of sp³-hybridized carbons (Fsp3) is 0.560. The van der Waals surface area contributed by atoms with E-state index in [-0.39, 0.29) is 12.5 Å². The molecule has 1 aromatic heterocycles. The van der Waals surface area contributed by atoms with E-state index >= 15 is 0 Å². The monoisotopic (exact) mass is 500 g/mol. The van der Waals surface area contributed by atoms with E-state index < -0.39 is 0 Å². The van der Waals surface area contributed by atoms with Crippen molar-refractivity contribution in [2.45, 2.75) is 31.8 Å². The molecule has 3 aliphatic rings. The van der Waals surface area contributed by atoms with Crippen LogP contribution in [0.4, 0.5) is 23.1 Å². The number of ether oxygens (including phenoxy) is 2. The van der Waals surface area contributed by atoms with Gasteiger partial charge in [-0.05, 0) is 55.9 Å². The summed E-state index contributed by atoms with van der Waals surface area (Å²) in [5.41, 5.74) is 2.12. The molecule has 1 atom stereocenters. The second kappa shape index (κ2) is 11.4. The molecule has 2 aromatic rings. The zero-order valence-corrected chi connectivity index (χ0v) is 20.7. The molecule has 2 aliphatic heterocycles. The van der Waals surface area contributed by atoms with E-state index in [1.807, 2.05) is 17.0 Å². The Morgan fingerprint density at radius 2 is 2.00 bits per heavy atom. The van der Waals surface area contributed by atoms with Crippen molar-refractivity contribution in [1.82, 2.24) is 14.9 Å². The molecule has 10 heteroatoms. The molecular formula is C25H33ClN6O3. The SMILES string of the molecule is O=C1COCCCN1CCCNc1nc(Nc2ccc(N3CCOC(C4CC4)C3)cc2)ncc1Cl. The topological polar surface area (TPSA) is 91.8 Å². The number of carbonyl (C=O) groups excluding carboxylic acids is 1. The number of aromatic nitrogens is 2. The summed E-state index contributed by atoms with van der Waals surface area (Å²) in [6.45, 7) is 5.57. The van der Waals surface area contributed by atoms with Crippen LogP contribution in [-0.4, -0.2) is 79.4 Å².